The number of hydrogen-bond acceptors (Lipinski definition) is 4. The molecule has 0 aliphatic rings. The maximum Gasteiger partial charge on any atom is 0.0738 e. The Balaban J connectivity index is 2.26. The van der Waals surface area contributed by atoms with Gasteiger partial charge in [-0.15, -0.1) is 11.8 Å². The Morgan fingerprint density at radius 3 is 2.57 bits per heavy atom. The molecule has 1 aromatic carbocycles. The van der Waals surface area contributed by atoms with Gasteiger partial charge in [-0.1, -0.05) is 12.1 Å². The number of aromatic nitrogens is 2. The van der Waals surface area contributed by atoms with E-state index in [9.17, 15) is 0 Å². The molecule has 1 unspecified atom stereocenters. The van der Waals surface area contributed by atoms with Crippen molar-refractivity contribution in [3.05, 3.63) is 45.7 Å². The molecule has 2 rings (SSSR count). The van der Waals surface area contributed by atoms with Gasteiger partial charge in [-0.25, -0.2) is 0 Å². The van der Waals surface area contributed by atoms with Crippen molar-refractivity contribution in [2.24, 2.45) is 5.84 Å². The first-order valence-electron chi connectivity index (χ1n) is 6.92. The van der Waals surface area contributed by atoms with Crippen LogP contribution in [0.15, 0.2) is 33.6 Å². The SMILES string of the molecule is CCn1nc(C)c(Br)c1CC(NN)c1ccc(SC)cc1. The molecular formula is C15H21BrN4S. The lowest BCUT2D eigenvalue weighted by molar-refractivity contribution is 0.516. The van der Waals surface area contributed by atoms with Gasteiger partial charge in [-0.3, -0.25) is 16.0 Å². The molecule has 0 bridgehead atoms. The Hall–Kier alpha value is -0.820. The van der Waals surface area contributed by atoms with Gasteiger partial charge >= 0.3 is 0 Å². The standard InChI is InChI=1S/C15H21BrN4S/c1-4-20-14(15(16)10(2)19-20)9-13(18-17)11-5-7-12(21-3)8-6-11/h5-8,13,18H,4,9,17H2,1-3H3. The first-order chi connectivity index (χ1) is 10.1. The van der Waals surface area contributed by atoms with E-state index in [0.29, 0.717) is 0 Å². The van der Waals surface area contributed by atoms with E-state index in [2.05, 4.69) is 63.9 Å². The van der Waals surface area contributed by atoms with E-state index in [0.717, 1.165) is 23.1 Å². The molecule has 0 aliphatic carbocycles. The van der Waals surface area contributed by atoms with Crippen LogP contribution < -0.4 is 11.3 Å². The molecule has 0 aliphatic heterocycles. The van der Waals surface area contributed by atoms with E-state index in [1.54, 1.807) is 11.8 Å². The average Bonchev–Trinajstić information content (AvgIpc) is 2.80. The summed E-state index contributed by atoms with van der Waals surface area (Å²) in [7, 11) is 0. The lowest BCUT2D eigenvalue weighted by Crippen LogP contribution is -2.30. The Bertz CT molecular complexity index is 594. The maximum atomic E-state index is 5.77. The van der Waals surface area contributed by atoms with Gasteiger partial charge in [0.2, 0.25) is 0 Å². The monoisotopic (exact) mass is 368 g/mol. The minimum atomic E-state index is 0.0682. The second-order valence-corrected chi connectivity index (χ2v) is 6.53. The first kappa shape index (κ1) is 16.5. The lowest BCUT2D eigenvalue weighted by Gasteiger charge is -2.17. The van der Waals surface area contributed by atoms with Gasteiger partial charge in [0.05, 0.1) is 21.9 Å². The molecular weight excluding hydrogens is 348 g/mol. The van der Waals surface area contributed by atoms with Crippen LogP contribution in [-0.4, -0.2) is 16.0 Å². The van der Waals surface area contributed by atoms with E-state index in [1.165, 1.54) is 16.2 Å². The molecule has 4 nitrogen and oxygen atoms in total. The molecule has 1 aromatic heterocycles. The van der Waals surface area contributed by atoms with Crippen LogP contribution in [-0.2, 0) is 13.0 Å². The highest BCUT2D eigenvalue weighted by atomic mass is 79.9. The molecule has 0 fully saturated rings. The highest BCUT2D eigenvalue weighted by molar-refractivity contribution is 9.10. The van der Waals surface area contributed by atoms with Gasteiger partial charge in [-0.05, 0) is 53.7 Å². The molecule has 21 heavy (non-hydrogen) atoms. The summed E-state index contributed by atoms with van der Waals surface area (Å²) in [5, 5.41) is 4.53. The molecule has 0 radical (unpaired) electrons. The minimum Gasteiger partial charge on any atom is -0.271 e. The Morgan fingerprint density at radius 1 is 1.38 bits per heavy atom. The number of hydrazine groups is 1. The van der Waals surface area contributed by atoms with Gasteiger partial charge in [0, 0.05) is 17.9 Å². The number of nitrogens with zero attached hydrogens (tertiary/aromatic N) is 2. The topological polar surface area (TPSA) is 55.9 Å². The second kappa shape index (κ2) is 7.45. The van der Waals surface area contributed by atoms with Gasteiger partial charge in [0.15, 0.2) is 0 Å². The van der Waals surface area contributed by atoms with Crippen LogP contribution in [0.2, 0.25) is 0 Å². The molecule has 6 heteroatoms. The Labute approximate surface area is 138 Å². The molecule has 0 amide bonds. The first-order valence-corrected chi connectivity index (χ1v) is 8.94. The molecule has 0 saturated carbocycles. The van der Waals surface area contributed by atoms with Crippen LogP contribution in [0.3, 0.4) is 0 Å². The third kappa shape index (κ3) is 3.69. The summed E-state index contributed by atoms with van der Waals surface area (Å²) in [6, 6.07) is 8.58. The highest BCUT2D eigenvalue weighted by Crippen LogP contribution is 2.27. The van der Waals surface area contributed by atoms with E-state index < -0.39 is 0 Å². The van der Waals surface area contributed by atoms with E-state index in [-0.39, 0.29) is 6.04 Å². The van der Waals surface area contributed by atoms with Crippen molar-refractivity contribution in [3.8, 4) is 0 Å². The fourth-order valence-electron chi connectivity index (χ4n) is 2.37. The second-order valence-electron chi connectivity index (χ2n) is 4.86. The van der Waals surface area contributed by atoms with Crippen molar-refractivity contribution in [1.29, 1.82) is 0 Å². The summed E-state index contributed by atoms with van der Waals surface area (Å²) in [6.07, 6.45) is 2.87. The van der Waals surface area contributed by atoms with Crippen molar-refractivity contribution in [2.75, 3.05) is 6.26 Å². The van der Waals surface area contributed by atoms with Gasteiger partial charge in [0.1, 0.15) is 0 Å². The maximum absolute atomic E-state index is 5.77. The molecule has 114 valence electrons. The average molecular weight is 369 g/mol. The number of halogens is 1. The zero-order valence-electron chi connectivity index (χ0n) is 12.6. The van der Waals surface area contributed by atoms with Crippen molar-refractivity contribution >= 4 is 27.7 Å². The van der Waals surface area contributed by atoms with Gasteiger partial charge in [-0.2, -0.15) is 5.10 Å². The largest absolute Gasteiger partial charge is 0.271 e. The molecule has 0 saturated heterocycles. The summed E-state index contributed by atoms with van der Waals surface area (Å²) in [5.74, 6) is 5.77. The summed E-state index contributed by atoms with van der Waals surface area (Å²) in [4.78, 5) is 1.25. The smallest absolute Gasteiger partial charge is 0.0738 e. The van der Waals surface area contributed by atoms with Gasteiger partial charge < -0.3 is 0 Å². The predicted octanol–water partition coefficient (Wildman–Crippen LogP) is 3.44. The third-order valence-electron chi connectivity index (χ3n) is 3.57. The molecule has 2 aromatic rings. The Kier molecular flexibility index (Phi) is 5.87. The summed E-state index contributed by atoms with van der Waals surface area (Å²) in [6.45, 7) is 4.96. The number of benzene rings is 1. The van der Waals surface area contributed by atoms with E-state index >= 15 is 0 Å². The number of nitrogens with two attached hydrogens (primary N) is 1. The van der Waals surface area contributed by atoms with Crippen LogP contribution >= 0.6 is 27.7 Å². The summed E-state index contributed by atoms with van der Waals surface area (Å²) >= 11 is 5.38. The summed E-state index contributed by atoms with van der Waals surface area (Å²) < 4.78 is 3.10. The quantitative estimate of drug-likeness (QED) is 0.465. The molecule has 0 spiro atoms. The normalized spacial score (nSPS) is 12.6. The zero-order valence-corrected chi connectivity index (χ0v) is 15.0. The number of rotatable bonds is 6. The highest BCUT2D eigenvalue weighted by Gasteiger charge is 2.18. The fourth-order valence-corrected chi connectivity index (χ4v) is 3.22. The van der Waals surface area contributed by atoms with Crippen molar-refractivity contribution in [2.45, 2.75) is 37.8 Å². The molecule has 3 N–H and O–H groups in total. The van der Waals surface area contributed by atoms with Crippen LogP contribution in [0.1, 0.15) is 29.9 Å². The van der Waals surface area contributed by atoms with E-state index in [4.69, 9.17) is 5.84 Å². The number of aryl methyl sites for hydroxylation is 2. The van der Waals surface area contributed by atoms with Crippen molar-refractivity contribution < 1.29 is 0 Å². The Morgan fingerprint density at radius 2 is 2.05 bits per heavy atom. The third-order valence-corrected chi connectivity index (χ3v) is 5.34. The molecule has 1 heterocycles. The lowest BCUT2D eigenvalue weighted by atomic mass is 10.0. The van der Waals surface area contributed by atoms with Crippen molar-refractivity contribution in [3.63, 3.8) is 0 Å². The van der Waals surface area contributed by atoms with Crippen LogP contribution in [0.4, 0.5) is 0 Å². The molecule has 1 atom stereocenters. The zero-order chi connectivity index (χ0) is 15.4. The number of nitrogens with one attached hydrogen (secondary N) is 1. The van der Waals surface area contributed by atoms with E-state index in [1.807, 2.05) is 11.6 Å². The van der Waals surface area contributed by atoms with Gasteiger partial charge in [0.25, 0.3) is 0 Å². The minimum absolute atomic E-state index is 0.0682. The number of thioether (sulfide) groups is 1. The van der Waals surface area contributed by atoms with Crippen LogP contribution in [0.25, 0.3) is 0 Å². The summed E-state index contributed by atoms with van der Waals surface area (Å²) in [5.41, 5.74) is 6.29. The fraction of sp³-hybridized carbons (Fsp3) is 0.400. The predicted molar refractivity (Wildman–Crippen MR) is 92.3 cm³/mol. The van der Waals surface area contributed by atoms with Crippen molar-refractivity contribution in [1.82, 2.24) is 15.2 Å². The van der Waals surface area contributed by atoms with Crippen LogP contribution in [0.5, 0.6) is 0 Å². The number of hydrogen-bond donors (Lipinski definition) is 2. The van der Waals surface area contributed by atoms with Crippen LogP contribution in [0, 0.1) is 6.92 Å².